The van der Waals surface area contributed by atoms with Gasteiger partial charge in [-0.3, -0.25) is 4.68 Å². The van der Waals surface area contributed by atoms with Gasteiger partial charge in [-0.05, 0) is 13.0 Å². The largest absolute Gasteiger partial charge is 1.00 e. The van der Waals surface area contributed by atoms with Crippen LogP contribution < -0.4 is 56.5 Å². The molecule has 1 heterocycles. The Morgan fingerprint density at radius 2 is 2.36 bits per heavy atom. The van der Waals surface area contributed by atoms with Gasteiger partial charge in [0, 0.05) is 12.4 Å². The normalized spacial score (nSPS) is 11.7. The molecule has 0 aliphatic carbocycles. The van der Waals surface area contributed by atoms with Crippen molar-refractivity contribution in [3.8, 4) is 0 Å². The van der Waals surface area contributed by atoms with Crippen molar-refractivity contribution in [1.82, 2.24) is 9.78 Å². The van der Waals surface area contributed by atoms with Crippen LogP contribution >= 0.6 is 0 Å². The molecule has 0 saturated carbocycles. The standard InChI is InChI=1S/C6H8N2O2.K/c1-5(6(9)10)8-4-2-3-7-8;/h2-5H,1H3,(H,9,10);/q;+1/p-1. The Labute approximate surface area is 107 Å². The van der Waals surface area contributed by atoms with Crippen LogP contribution in [0.4, 0.5) is 0 Å². The van der Waals surface area contributed by atoms with Crippen molar-refractivity contribution in [2.45, 2.75) is 13.0 Å². The van der Waals surface area contributed by atoms with Gasteiger partial charge in [0.1, 0.15) is 0 Å². The third-order valence-corrected chi connectivity index (χ3v) is 1.26. The summed E-state index contributed by atoms with van der Waals surface area (Å²) in [4.78, 5) is 10.2. The zero-order valence-corrected chi connectivity index (χ0v) is 9.64. The molecular formula is C6H7KN2O2. The average molecular weight is 178 g/mol. The van der Waals surface area contributed by atoms with Gasteiger partial charge in [0.15, 0.2) is 0 Å². The third-order valence-electron chi connectivity index (χ3n) is 1.26. The molecule has 1 aromatic rings. The number of hydrogen-bond acceptors (Lipinski definition) is 3. The summed E-state index contributed by atoms with van der Waals surface area (Å²) < 4.78 is 1.33. The molecule has 1 unspecified atom stereocenters. The van der Waals surface area contributed by atoms with E-state index < -0.39 is 12.0 Å². The van der Waals surface area contributed by atoms with Crippen molar-refractivity contribution in [2.24, 2.45) is 0 Å². The predicted octanol–water partition coefficient (Wildman–Crippen LogP) is -3.80. The van der Waals surface area contributed by atoms with E-state index in [1.54, 1.807) is 12.3 Å². The first-order valence-electron chi connectivity index (χ1n) is 2.92. The van der Waals surface area contributed by atoms with Crippen LogP contribution in [0.3, 0.4) is 0 Å². The average Bonchev–Trinajstić information content (AvgIpc) is 2.36. The molecule has 4 nitrogen and oxygen atoms in total. The van der Waals surface area contributed by atoms with Crippen molar-refractivity contribution < 1.29 is 61.3 Å². The van der Waals surface area contributed by atoms with Crippen LogP contribution in [0.1, 0.15) is 13.0 Å². The molecule has 1 atom stereocenters. The molecule has 0 N–H and O–H groups in total. The Morgan fingerprint density at radius 3 is 2.73 bits per heavy atom. The summed E-state index contributed by atoms with van der Waals surface area (Å²) in [7, 11) is 0. The molecule has 0 aromatic carbocycles. The van der Waals surface area contributed by atoms with Gasteiger partial charge in [0.25, 0.3) is 0 Å². The number of carboxylic acid groups (broad SMARTS) is 1. The molecule has 1 rings (SSSR count). The number of carbonyl (C=O) groups excluding carboxylic acids is 1. The number of nitrogens with zero attached hydrogens (tertiary/aromatic N) is 2. The van der Waals surface area contributed by atoms with Gasteiger partial charge in [-0.2, -0.15) is 5.10 Å². The Kier molecular flexibility index (Phi) is 5.19. The SMILES string of the molecule is CC(C(=O)[O-])n1cccn1.[K+]. The summed E-state index contributed by atoms with van der Waals surface area (Å²) in [6, 6.07) is 0.981. The Balaban J connectivity index is 0.000001000. The van der Waals surface area contributed by atoms with E-state index in [1.165, 1.54) is 17.8 Å². The summed E-state index contributed by atoms with van der Waals surface area (Å²) in [6.45, 7) is 1.52. The topological polar surface area (TPSA) is 57.9 Å². The fourth-order valence-electron chi connectivity index (χ4n) is 0.618. The molecule has 11 heavy (non-hydrogen) atoms. The van der Waals surface area contributed by atoms with Crippen LogP contribution in [0.5, 0.6) is 0 Å². The number of hydrogen-bond donors (Lipinski definition) is 0. The molecule has 0 aliphatic heterocycles. The first-order valence-corrected chi connectivity index (χ1v) is 2.92. The number of aliphatic carboxylic acids is 1. The molecule has 0 amide bonds. The maximum Gasteiger partial charge on any atom is 1.00 e. The third kappa shape index (κ3) is 3.04. The van der Waals surface area contributed by atoms with E-state index >= 15 is 0 Å². The molecule has 54 valence electrons. The molecule has 5 heteroatoms. The number of aromatic nitrogens is 2. The summed E-state index contributed by atoms with van der Waals surface area (Å²) in [5, 5.41) is 14.0. The maximum atomic E-state index is 10.2. The Bertz CT molecular complexity index is 222. The molecule has 0 fully saturated rings. The van der Waals surface area contributed by atoms with Crippen molar-refractivity contribution in [3.05, 3.63) is 18.5 Å². The van der Waals surface area contributed by atoms with E-state index in [0.717, 1.165) is 0 Å². The molecule has 0 bridgehead atoms. The molecule has 0 spiro atoms. The van der Waals surface area contributed by atoms with E-state index in [4.69, 9.17) is 0 Å². The summed E-state index contributed by atoms with van der Waals surface area (Å²) in [6.07, 6.45) is 3.11. The van der Waals surface area contributed by atoms with E-state index in [9.17, 15) is 9.90 Å². The Morgan fingerprint density at radius 1 is 1.73 bits per heavy atom. The second-order valence-corrected chi connectivity index (χ2v) is 1.98. The van der Waals surface area contributed by atoms with Crippen LogP contribution in [0, 0.1) is 0 Å². The number of carbonyl (C=O) groups is 1. The van der Waals surface area contributed by atoms with Crippen LogP contribution in [-0.4, -0.2) is 15.7 Å². The minimum Gasteiger partial charge on any atom is -0.548 e. The van der Waals surface area contributed by atoms with E-state index in [1.807, 2.05) is 0 Å². The van der Waals surface area contributed by atoms with Crippen LogP contribution in [0.15, 0.2) is 18.5 Å². The zero-order valence-electron chi connectivity index (χ0n) is 6.52. The van der Waals surface area contributed by atoms with Gasteiger partial charge in [0.05, 0.1) is 12.0 Å². The van der Waals surface area contributed by atoms with E-state index in [2.05, 4.69) is 5.10 Å². The predicted molar refractivity (Wildman–Crippen MR) is 31.9 cm³/mol. The molecule has 0 aliphatic rings. The maximum absolute atomic E-state index is 10.2. The summed E-state index contributed by atoms with van der Waals surface area (Å²) >= 11 is 0. The van der Waals surface area contributed by atoms with Crippen molar-refractivity contribution >= 4 is 5.97 Å². The van der Waals surface area contributed by atoms with Gasteiger partial charge >= 0.3 is 51.4 Å². The number of rotatable bonds is 2. The fourth-order valence-corrected chi connectivity index (χ4v) is 0.618. The van der Waals surface area contributed by atoms with Gasteiger partial charge < -0.3 is 9.90 Å². The zero-order chi connectivity index (χ0) is 7.56. The van der Waals surface area contributed by atoms with Gasteiger partial charge in [-0.15, -0.1) is 0 Å². The van der Waals surface area contributed by atoms with E-state index in [0.29, 0.717) is 0 Å². The van der Waals surface area contributed by atoms with Gasteiger partial charge in [-0.1, -0.05) is 0 Å². The van der Waals surface area contributed by atoms with E-state index in [-0.39, 0.29) is 51.4 Å². The first kappa shape index (κ1) is 11.3. The fraction of sp³-hybridized carbons (Fsp3) is 0.333. The van der Waals surface area contributed by atoms with Gasteiger partial charge in [-0.25, -0.2) is 0 Å². The smallest absolute Gasteiger partial charge is 0.548 e. The first-order chi connectivity index (χ1) is 4.72. The minimum absolute atomic E-state index is 0. The minimum atomic E-state index is -1.12. The van der Waals surface area contributed by atoms with Crippen LogP contribution in [0.2, 0.25) is 0 Å². The van der Waals surface area contributed by atoms with Crippen molar-refractivity contribution in [1.29, 1.82) is 0 Å². The second-order valence-electron chi connectivity index (χ2n) is 1.98. The molecule has 0 radical (unpaired) electrons. The molecular weight excluding hydrogens is 171 g/mol. The summed E-state index contributed by atoms with van der Waals surface area (Å²) in [5.74, 6) is -1.12. The van der Waals surface area contributed by atoms with Crippen molar-refractivity contribution in [2.75, 3.05) is 0 Å². The molecule has 1 aromatic heterocycles. The van der Waals surface area contributed by atoms with Crippen molar-refractivity contribution in [3.63, 3.8) is 0 Å². The monoisotopic (exact) mass is 178 g/mol. The summed E-state index contributed by atoms with van der Waals surface area (Å²) in [5.41, 5.74) is 0. The number of carboxylic acids is 1. The van der Waals surface area contributed by atoms with Gasteiger partial charge in [0.2, 0.25) is 0 Å². The van der Waals surface area contributed by atoms with Crippen LogP contribution in [-0.2, 0) is 4.79 Å². The quantitative estimate of drug-likeness (QED) is 0.436. The molecule has 0 saturated heterocycles. The van der Waals surface area contributed by atoms with Crippen LogP contribution in [0.25, 0.3) is 0 Å². The Hall–Kier alpha value is 0.316. The second kappa shape index (κ2) is 5.05.